The molecule has 8 nitrogen and oxygen atoms in total. The summed E-state index contributed by atoms with van der Waals surface area (Å²) in [6.07, 6.45) is 1.78. The summed E-state index contributed by atoms with van der Waals surface area (Å²) < 4.78 is 1.20. The molecule has 1 aromatic carbocycles. The first-order valence-electron chi connectivity index (χ1n) is 8.20. The van der Waals surface area contributed by atoms with Crippen molar-refractivity contribution in [2.75, 3.05) is 5.32 Å². The number of aromatic nitrogens is 5. The number of amides is 1. The van der Waals surface area contributed by atoms with Gasteiger partial charge in [0, 0.05) is 18.0 Å². The average molecular weight is 378 g/mol. The number of pyridine rings is 1. The second-order valence-corrected chi connectivity index (χ2v) is 6.54. The van der Waals surface area contributed by atoms with Gasteiger partial charge in [0.1, 0.15) is 11.2 Å². The number of hydrogen-bond acceptors (Lipinski definition) is 7. The van der Waals surface area contributed by atoms with Crippen LogP contribution in [-0.2, 0) is 11.3 Å². The van der Waals surface area contributed by atoms with Gasteiger partial charge in [0.25, 0.3) is 5.56 Å². The minimum absolute atomic E-state index is 0.0887. The zero-order chi connectivity index (χ0) is 18.6. The molecule has 1 N–H and O–H groups in total. The molecule has 0 bridgehead atoms. The molecule has 3 heterocycles. The van der Waals surface area contributed by atoms with Gasteiger partial charge in [-0.2, -0.15) is 0 Å². The number of aryl methyl sites for hydroxylation is 1. The Bertz CT molecular complexity index is 1160. The van der Waals surface area contributed by atoms with Gasteiger partial charge in [0.2, 0.25) is 5.91 Å². The molecule has 4 rings (SSSR count). The fourth-order valence-electron chi connectivity index (χ4n) is 2.52. The van der Waals surface area contributed by atoms with Crippen molar-refractivity contribution in [2.45, 2.75) is 13.0 Å². The summed E-state index contributed by atoms with van der Waals surface area (Å²) in [6.45, 7) is 0.140. The van der Waals surface area contributed by atoms with Crippen LogP contribution in [0.5, 0.6) is 0 Å². The highest BCUT2D eigenvalue weighted by Gasteiger charge is 2.11. The van der Waals surface area contributed by atoms with Crippen LogP contribution in [0.25, 0.3) is 22.3 Å². The summed E-state index contributed by atoms with van der Waals surface area (Å²) in [5, 5.41) is 13.4. The molecule has 3 aromatic heterocycles. The Balaban J connectivity index is 1.41. The summed E-state index contributed by atoms with van der Waals surface area (Å²) in [6, 6.07) is 12.5. The van der Waals surface area contributed by atoms with Crippen LogP contribution in [0.4, 0.5) is 5.13 Å². The molecule has 0 saturated carbocycles. The lowest BCUT2D eigenvalue weighted by Gasteiger charge is -2.04. The molecule has 0 aliphatic carbocycles. The monoisotopic (exact) mass is 378 g/mol. The van der Waals surface area contributed by atoms with E-state index < -0.39 is 0 Å². The number of anilines is 1. The Morgan fingerprint density at radius 1 is 1.11 bits per heavy atom. The van der Waals surface area contributed by atoms with E-state index in [2.05, 4.69) is 25.6 Å². The van der Waals surface area contributed by atoms with E-state index in [0.29, 0.717) is 21.7 Å². The first kappa shape index (κ1) is 17.0. The fraction of sp³-hybridized carbons (Fsp3) is 0.111. The normalized spacial score (nSPS) is 10.8. The van der Waals surface area contributed by atoms with E-state index in [1.165, 1.54) is 16.0 Å². The van der Waals surface area contributed by atoms with Gasteiger partial charge in [0.15, 0.2) is 5.13 Å². The molecule has 134 valence electrons. The summed E-state index contributed by atoms with van der Waals surface area (Å²) in [5.74, 6) is -0.251. The van der Waals surface area contributed by atoms with E-state index in [1.54, 1.807) is 30.5 Å². The summed E-state index contributed by atoms with van der Waals surface area (Å²) in [5.41, 5.74) is 1.72. The molecule has 0 radical (unpaired) electrons. The lowest BCUT2D eigenvalue weighted by molar-refractivity contribution is -0.116. The maximum absolute atomic E-state index is 12.4. The zero-order valence-corrected chi connectivity index (χ0v) is 14.9. The molecule has 9 heteroatoms. The van der Waals surface area contributed by atoms with Gasteiger partial charge in [-0.3, -0.25) is 14.6 Å². The Hall–Kier alpha value is -3.46. The fourth-order valence-corrected chi connectivity index (χ4v) is 3.24. The maximum atomic E-state index is 12.4. The predicted molar refractivity (Wildman–Crippen MR) is 102 cm³/mol. The van der Waals surface area contributed by atoms with Crippen LogP contribution in [0.1, 0.15) is 6.42 Å². The van der Waals surface area contributed by atoms with Crippen molar-refractivity contribution in [1.29, 1.82) is 0 Å². The van der Waals surface area contributed by atoms with Crippen molar-refractivity contribution < 1.29 is 4.79 Å². The quantitative estimate of drug-likeness (QED) is 0.572. The highest BCUT2D eigenvalue weighted by Crippen LogP contribution is 2.23. The van der Waals surface area contributed by atoms with Crippen LogP contribution in [0.2, 0.25) is 0 Å². The molecule has 0 fully saturated rings. The Kier molecular flexibility index (Phi) is 4.67. The van der Waals surface area contributed by atoms with Crippen LogP contribution in [0.3, 0.4) is 0 Å². The molecule has 0 aliphatic rings. The van der Waals surface area contributed by atoms with Crippen molar-refractivity contribution >= 4 is 33.3 Å². The van der Waals surface area contributed by atoms with Gasteiger partial charge < -0.3 is 5.32 Å². The van der Waals surface area contributed by atoms with E-state index in [1.807, 2.05) is 23.6 Å². The molecule has 0 atom stereocenters. The van der Waals surface area contributed by atoms with E-state index in [0.717, 1.165) is 5.69 Å². The van der Waals surface area contributed by atoms with E-state index in [9.17, 15) is 9.59 Å². The van der Waals surface area contributed by atoms with Crippen molar-refractivity contribution in [3.05, 3.63) is 64.4 Å². The molecule has 27 heavy (non-hydrogen) atoms. The minimum Gasteiger partial charge on any atom is -0.302 e. The predicted octanol–water partition coefficient (Wildman–Crippen LogP) is 2.34. The summed E-state index contributed by atoms with van der Waals surface area (Å²) in [4.78, 5) is 33.1. The van der Waals surface area contributed by atoms with Crippen molar-refractivity contribution in [3.8, 4) is 11.4 Å². The van der Waals surface area contributed by atoms with Crippen LogP contribution < -0.4 is 10.9 Å². The third-order valence-corrected chi connectivity index (χ3v) is 4.62. The first-order chi connectivity index (χ1) is 13.2. The zero-order valence-electron chi connectivity index (χ0n) is 14.1. The Labute approximate surface area is 157 Å². The number of carbonyl (C=O) groups is 1. The second kappa shape index (κ2) is 7.42. The van der Waals surface area contributed by atoms with Gasteiger partial charge >= 0.3 is 0 Å². The highest BCUT2D eigenvalue weighted by molar-refractivity contribution is 7.14. The van der Waals surface area contributed by atoms with Gasteiger partial charge in [0.05, 0.1) is 17.6 Å². The molecule has 0 aliphatic heterocycles. The largest absolute Gasteiger partial charge is 0.302 e. The third kappa shape index (κ3) is 3.72. The standard InChI is InChI=1S/C18H14N6O2S/c25-16(21-18-20-15(11-27-18)14-7-3-4-9-19-14)8-10-24-17(26)12-5-1-2-6-13(12)22-23-24/h1-7,9,11H,8,10H2,(H,20,21,25). The molecule has 1 amide bonds. The minimum atomic E-state index is -0.264. The average Bonchev–Trinajstić information content (AvgIpc) is 3.17. The van der Waals surface area contributed by atoms with E-state index in [-0.39, 0.29) is 24.4 Å². The van der Waals surface area contributed by atoms with Crippen molar-refractivity contribution in [3.63, 3.8) is 0 Å². The van der Waals surface area contributed by atoms with Crippen molar-refractivity contribution in [1.82, 2.24) is 25.0 Å². The number of carbonyl (C=O) groups excluding carboxylic acids is 1. The van der Waals surface area contributed by atoms with Crippen LogP contribution in [0.15, 0.2) is 58.8 Å². The van der Waals surface area contributed by atoms with Gasteiger partial charge in [-0.25, -0.2) is 9.67 Å². The van der Waals surface area contributed by atoms with Gasteiger partial charge in [-0.1, -0.05) is 23.4 Å². The number of nitrogens with zero attached hydrogens (tertiary/aromatic N) is 5. The maximum Gasteiger partial charge on any atom is 0.277 e. The molecular weight excluding hydrogens is 364 g/mol. The number of thiazole rings is 1. The third-order valence-electron chi connectivity index (χ3n) is 3.86. The molecule has 4 aromatic rings. The topological polar surface area (TPSA) is 103 Å². The SMILES string of the molecule is O=C(CCn1nnc2ccccc2c1=O)Nc1nc(-c2ccccn2)cs1. The molecule has 0 spiro atoms. The van der Waals surface area contributed by atoms with E-state index in [4.69, 9.17) is 0 Å². The van der Waals surface area contributed by atoms with Crippen molar-refractivity contribution in [2.24, 2.45) is 0 Å². The highest BCUT2D eigenvalue weighted by atomic mass is 32.1. The lowest BCUT2D eigenvalue weighted by Crippen LogP contribution is -2.26. The van der Waals surface area contributed by atoms with E-state index >= 15 is 0 Å². The summed E-state index contributed by atoms with van der Waals surface area (Å²) in [7, 11) is 0. The van der Waals surface area contributed by atoms with Crippen LogP contribution in [0, 0.1) is 0 Å². The molecule has 0 unspecified atom stereocenters. The number of fused-ring (bicyclic) bond motifs is 1. The smallest absolute Gasteiger partial charge is 0.277 e. The van der Waals surface area contributed by atoms with Gasteiger partial charge in [-0.05, 0) is 24.3 Å². The number of rotatable bonds is 5. The first-order valence-corrected chi connectivity index (χ1v) is 9.08. The number of nitrogens with one attached hydrogen (secondary N) is 1. The molecule has 0 saturated heterocycles. The number of hydrogen-bond donors (Lipinski definition) is 1. The molecular formula is C18H14N6O2S. The lowest BCUT2D eigenvalue weighted by atomic mass is 10.2. The van der Waals surface area contributed by atoms with Crippen LogP contribution in [-0.4, -0.2) is 30.9 Å². The summed E-state index contributed by atoms with van der Waals surface area (Å²) >= 11 is 1.32. The Morgan fingerprint density at radius 2 is 1.96 bits per heavy atom. The van der Waals surface area contributed by atoms with Gasteiger partial charge in [-0.15, -0.1) is 16.4 Å². The second-order valence-electron chi connectivity index (χ2n) is 5.69. The van der Waals surface area contributed by atoms with Crippen LogP contribution >= 0.6 is 11.3 Å². The number of benzene rings is 1. The Morgan fingerprint density at radius 3 is 2.81 bits per heavy atom.